The summed E-state index contributed by atoms with van der Waals surface area (Å²) < 4.78 is 7.21. The Morgan fingerprint density at radius 2 is 1.62 bits per heavy atom. The summed E-state index contributed by atoms with van der Waals surface area (Å²) in [5.41, 5.74) is 5.11. The van der Waals surface area contributed by atoms with Crippen molar-refractivity contribution >= 4 is 17.6 Å². The van der Waals surface area contributed by atoms with Crippen LogP contribution in [0, 0.1) is 20.8 Å². The van der Waals surface area contributed by atoms with Crippen LogP contribution in [0.1, 0.15) is 32.9 Å². The van der Waals surface area contributed by atoms with Crippen LogP contribution in [0.25, 0.3) is 0 Å². The van der Waals surface area contributed by atoms with Gasteiger partial charge < -0.3 is 9.64 Å². The third kappa shape index (κ3) is 4.54. The Labute approximate surface area is 170 Å². The van der Waals surface area contributed by atoms with Gasteiger partial charge in [0.15, 0.2) is 0 Å². The van der Waals surface area contributed by atoms with Crippen LogP contribution >= 0.6 is 0 Å². The van der Waals surface area contributed by atoms with Crippen molar-refractivity contribution in [2.45, 2.75) is 27.2 Å². The third-order valence-electron chi connectivity index (χ3n) is 5.04. The van der Waals surface area contributed by atoms with Gasteiger partial charge in [0.05, 0.1) is 12.1 Å². The van der Waals surface area contributed by atoms with Crippen molar-refractivity contribution < 1.29 is 14.3 Å². The molecule has 0 atom stereocenters. The zero-order valence-electron chi connectivity index (χ0n) is 17.4. The number of esters is 1. The van der Waals surface area contributed by atoms with Crippen molar-refractivity contribution in [3.63, 3.8) is 0 Å². The maximum absolute atomic E-state index is 12.6. The first-order chi connectivity index (χ1) is 13.8. The Balaban J connectivity index is 1.65. The van der Waals surface area contributed by atoms with E-state index in [0.717, 1.165) is 22.5 Å². The normalized spacial score (nSPS) is 10.7. The van der Waals surface area contributed by atoms with E-state index in [9.17, 15) is 9.59 Å². The fourth-order valence-electron chi connectivity index (χ4n) is 3.13. The van der Waals surface area contributed by atoms with Crippen molar-refractivity contribution in [3.8, 4) is 5.75 Å². The van der Waals surface area contributed by atoms with Crippen LogP contribution in [-0.4, -0.2) is 28.7 Å². The number of carbonyl (C=O) groups excluding carboxylic acids is 2. The van der Waals surface area contributed by atoms with Crippen LogP contribution in [0.3, 0.4) is 0 Å². The van der Waals surface area contributed by atoms with Crippen molar-refractivity contribution in [2.24, 2.45) is 7.05 Å². The molecule has 0 radical (unpaired) electrons. The Morgan fingerprint density at radius 3 is 2.17 bits per heavy atom. The molecule has 1 amide bonds. The average Bonchev–Trinajstić information content (AvgIpc) is 2.94. The fraction of sp³-hybridized carbons (Fsp3) is 0.261. The van der Waals surface area contributed by atoms with Crippen LogP contribution in [0.4, 0.5) is 5.69 Å². The highest BCUT2D eigenvalue weighted by Crippen LogP contribution is 2.21. The number of aryl methyl sites for hydroxylation is 3. The second-order valence-corrected chi connectivity index (χ2v) is 7.15. The second kappa shape index (κ2) is 8.31. The maximum Gasteiger partial charge on any atom is 0.315 e. The molecule has 0 aliphatic carbocycles. The lowest BCUT2D eigenvalue weighted by atomic mass is 10.1. The summed E-state index contributed by atoms with van der Waals surface area (Å²) in [6, 6.07) is 14.3. The van der Waals surface area contributed by atoms with Crippen LogP contribution in [0.2, 0.25) is 0 Å². The molecule has 6 heteroatoms. The number of anilines is 1. The summed E-state index contributed by atoms with van der Waals surface area (Å²) in [5.74, 6) is -0.00700. The molecule has 1 aromatic heterocycles. The molecule has 29 heavy (non-hydrogen) atoms. The number of amides is 1. The molecule has 1 heterocycles. The van der Waals surface area contributed by atoms with Gasteiger partial charge in [0.1, 0.15) is 5.75 Å². The number of hydrogen-bond acceptors (Lipinski definition) is 4. The van der Waals surface area contributed by atoms with Gasteiger partial charge in [0.25, 0.3) is 5.91 Å². The van der Waals surface area contributed by atoms with E-state index in [1.54, 1.807) is 40.9 Å². The van der Waals surface area contributed by atoms with Gasteiger partial charge in [-0.3, -0.25) is 14.3 Å². The Bertz CT molecular complexity index is 1030. The average molecular weight is 391 g/mol. The quantitative estimate of drug-likeness (QED) is 0.491. The molecular weight excluding hydrogens is 366 g/mol. The Morgan fingerprint density at radius 1 is 1.00 bits per heavy atom. The van der Waals surface area contributed by atoms with E-state index in [-0.39, 0.29) is 18.3 Å². The molecule has 0 spiro atoms. The van der Waals surface area contributed by atoms with Gasteiger partial charge in [-0.2, -0.15) is 5.10 Å². The molecule has 0 saturated carbocycles. The molecule has 0 saturated heterocycles. The Hall–Kier alpha value is -3.41. The number of benzene rings is 2. The largest absolute Gasteiger partial charge is 0.426 e. The number of carbonyl (C=O) groups is 2. The van der Waals surface area contributed by atoms with Crippen molar-refractivity contribution in [3.05, 3.63) is 76.6 Å². The summed E-state index contributed by atoms with van der Waals surface area (Å²) >= 11 is 0. The van der Waals surface area contributed by atoms with E-state index >= 15 is 0 Å². The lowest BCUT2D eigenvalue weighted by Crippen LogP contribution is -2.26. The molecule has 2 aromatic carbocycles. The van der Waals surface area contributed by atoms with Gasteiger partial charge >= 0.3 is 5.97 Å². The molecule has 0 bridgehead atoms. The minimum Gasteiger partial charge on any atom is -0.426 e. The monoisotopic (exact) mass is 391 g/mol. The van der Waals surface area contributed by atoms with Crippen LogP contribution in [-0.2, 0) is 18.3 Å². The SMILES string of the molecule is Cc1ccc(C(=O)N(C)c2ccc(OC(=O)Cc3c(C)nn(C)c3C)cc2)cc1. The first-order valence-corrected chi connectivity index (χ1v) is 9.41. The summed E-state index contributed by atoms with van der Waals surface area (Å²) in [5, 5.41) is 4.32. The summed E-state index contributed by atoms with van der Waals surface area (Å²) in [7, 11) is 3.57. The van der Waals surface area contributed by atoms with E-state index in [0.29, 0.717) is 17.0 Å². The standard InChI is InChI=1S/C23H25N3O3/c1-15-6-8-18(9-7-15)23(28)25(4)19-10-12-20(13-11-19)29-22(27)14-21-16(2)24-26(5)17(21)3/h6-13H,14H2,1-5H3. The molecule has 0 aliphatic rings. The molecule has 6 nitrogen and oxygen atoms in total. The number of nitrogens with zero attached hydrogens (tertiary/aromatic N) is 3. The van der Waals surface area contributed by atoms with Crippen LogP contribution in [0.5, 0.6) is 5.75 Å². The number of rotatable bonds is 5. The third-order valence-corrected chi connectivity index (χ3v) is 5.04. The van der Waals surface area contributed by atoms with Crippen LogP contribution in [0.15, 0.2) is 48.5 Å². The molecule has 150 valence electrons. The molecule has 0 N–H and O–H groups in total. The first kappa shape index (κ1) is 20.3. The fourth-order valence-corrected chi connectivity index (χ4v) is 3.13. The van der Waals surface area contributed by atoms with E-state index < -0.39 is 0 Å². The van der Waals surface area contributed by atoms with Crippen molar-refractivity contribution in [1.29, 1.82) is 0 Å². The zero-order chi connectivity index (χ0) is 21.1. The zero-order valence-corrected chi connectivity index (χ0v) is 17.4. The van der Waals surface area contributed by atoms with Gasteiger partial charge in [0, 0.05) is 36.6 Å². The highest BCUT2D eigenvalue weighted by Gasteiger charge is 2.16. The van der Waals surface area contributed by atoms with Gasteiger partial charge in [-0.25, -0.2) is 0 Å². The Kier molecular flexibility index (Phi) is 5.82. The summed E-state index contributed by atoms with van der Waals surface area (Å²) in [4.78, 5) is 26.5. The predicted octanol–water partition coefficient (Wildman–Crippen LogP) is 3.77. The van der Waals surface area contributed by atoms with Gasteiger partial charge in [-0.05, 0) is 57.2 Å². The highest BCUT2D eigenvalue weighted by atomic mass is 16.5. The molecule has 0 fully saturated rings. The van der Waals surface area contributed by atoms with E-state index in [1.165, 1.54) is 0 Å². The summed E-state index contributed by atoms with van der Waals surface area (Å²) in [6.07, 6.45) is 0.166. The minimum absolute atomic E-state index is 0.0997. The summed E-state index contributed by atoms with van der Waals surface area (Å²) in [6.45, 7) is 5.79. The topological polar surface area (TPSA) is 64.4 Å². The second-order valence-electron chi connectivity index (χ2n) is 7.15. The van der Waals surface area contributed by atoms with Crippen molar-refractivity contribution in [2.75, 3.05) is 11.9 Å². The van der Waals surface area contributed by atoms with Gasteiger partial charge in [-0.15, -0.1) is 0 Å². The molecule has 0 aliphatic heterocycles. The smallest absolute Gasteiger partial charge is 0.315 e. The lowest BCUT2D eigenvalue weighted by molar-refractivity contribution is -0.133. The number of aromatic nitrogens is 2. The molecule has 0 unspecified atom stereocenters. The number of hydrogen-bond donors (Lipinski definition) is 0. The van der Waals surface area contributed by atoms with E-state index in [2.05, 4.69) is 5.10 Å². The van der Waals surface area contributed by atoms with Crippen molar-refractivity contribution in [1.82, 2.24) is 9.78 Å². The molecule has 3 aromatic rings. The molecular formula is C23H25N3O3. The first-order valence-electron chi connectivity index (χ1n) is 9.41. The van der Waals surface area contributed by atoms with E-state index in [4.69, 9.17) is 4.74 Å². The highest BCUT2D eigenvalue weighted by molar-refractivity contribution is 6.05. The van der Waals surface area contributed by atoms with E-state index in [1.807, 2.05) is 52.1 Å². The maximum atomic E-state index is 12.6. The van der Waals surface area contributed by atoms with Gasteiger partial charge in [-0.1, -0.05) is 17.7 Å². The molecule has 3 rings (SSSR count). The van der Waals surface area contributed by atoms with Gasteiger partial charge in [0.2, 0.25) is 0 Å². The minimum atomic E-state index is -0.346. The van der Waals surface area contributed by atoms with Crippen LogP contribution < -0.4 is 9.64 Å². The predicted molar refractivity (Wildman–Crippen MR) is 112 cm³/mol. The number of ether oxygens (including phenoxy) is 1. The lowest BCUT2D eigenvalue weighted by Gasteiger charge is -2.18.